The third-order valence-electron chi connectivity index (χ3n) is 5.43. The number of ketones is 1. The van der Waals surface area contributed by atoms with Gasteiger partial charge in [0.2, 0.25) is 0 Å². The number of carbonyl (C=O) groups is 2. The Morgan fingerprint density at radius 1 is 1.11 bits per heavy atom. The SMILES string of the molecule is COC(=O)[C@@H]1C(=O)C2=C(C[C@H]1C)Nc1ccccc1N[C@@H]2c1ccc(F)cc1. The van der Waals surface area contributed by atoms with E-state index in [9.17, 15) is 14.0 Å². The third kappa shape index (κ3) is 3.05. The summed E-state index contributed by atoms with van der Waals surface area (Å²) in [4.78, 5) is 25.7. The molecular formula is C22H21FN2O3. The molecule has 0 amide bonds. The van der Waals surface area contributed by atoms with Crippen molar-refractivity contribution in [1.82, 2.24) is 0 Å². The second-order valence-corrected chi connectivity index (χ2v) is 7.24. The number of rotatable bonds is 2. The number of hydrogen-bond acceptors (Lipinski definition) is 5. The van der Waals surface area contributed by atoms with Crippen LogP contribution < -0.4 is 10.6 Å². The van der Waals surface area contributed by atoms with Crippen LogP contribution in [0, 0.1) is 17.7 Å². The Balaban J connectivity index is 1.87. The van der Waals surface area contributed by atoms with Crippen LogP contribution in [0.1, 0.15) is 24.9 Å². The third-order valence-corrected chi connectivity index (χ3v) is 5.43. The largest absolute Gasteiger partial charge is 0.468 e. The van der Waals surface area contributed by atoms with E-state index in [0.29, 0.717) is 12.0 Å². The van der Waals surface area contributed by atoms with Crippen molar-refractivity contribution in [2.45, 2.75) is 19.4 Å². The van der Waals surface area contributed by atoms with Crippen LogP contribution in [0.15, 0.2) is 59.8 Å². The number of halogens is 1. The lowest BCUT2D eigenvalue weighted by atomic mass is 9.75. The van der Waals surface area contributed by atoms with E-state index in [1.165, 1.54) is 19.2 Å². The van der Waals surface area contributed by atoms with Crippen molar-refractivity contribution in [2.75, 3.05) is 17.7 Å². The predicted octanol–water partition coefficient (Wildman–Crippen LogP) is 4.06. The number of esters is 1. The summed E-state index contributed by atoms with van der Waals surface area (Å²) in [6.07, 6.45) is 0.536. The van der Waals surface area contributed by atoms with E-state index in [0.717, 1.165) is 22.6 Å². The van der Waals surface area contributed by atoms with Gasteiger partial charge in [0.25, 0.3) is 0 Å². The van der Waals surface area contributed by atoms with E-state index >= 15 is 0 Å². The second-order valence-electron chi connectivity index (χ2n) is 7.24. The molecule has 2 N–H and O–H groups in total. The number of anilines is 2. The Labute approximate surface area is 162 Å². The molecule has 0 spiro atoms. The highest BCUT2D eigenvalue weighted by Crippen LogP contribution is 2.43. The van der Waals surface area contributed by atoms with Crippen LogP contribution in [0.3, 0.4) is 0 Å². The maximum Gasteiger partial charge on any atom is 0.316 e. The van der Waals surface area contributed by atoms with E-state index in [4.69, 9.17) is 4.74 Å². The van der Waals surface area contributed by atoms with Gasteiger partial charge in [-0.15, -0.1) is 0 Å². The fraction of sp³-hybridized carbons (Fsp3) is 0.273. The summed E-state index contributed by atoms with van der Waals surface area (Å²) in [6.45, 7) is 1.88. The minimum absolute atomic E-state index is 0.190. The highest BCUT2D eigenvalue weighted by atomic mass is 19.1. The van der Waals surface area contributed by atoms with Crippen LogP contribution in [-0.2, 0) is 14.3 Å². The zero-order valence-corrected chi connectivity index (χ0v) is 15.7. The molecule has 4 rings (SSSR count). The van der Waals surface area contributed by atoms with Gasteiger partial charge < -0.3 is 15.4 Å². The monoisotopic (exact) mass is 380 g/mol. The number of fused-ring (bicyclic) bond motifs is 1. The minimum atomic E-state index is -0.850. The van der Waals surface area contributed by atoms with Gasteiger partial charge in [-0.05, 0) is 42.2 Å². The van der Waals surface area contributed by atoms with Crippen LogP contribution in [0.5, 0.6) is 0 Å². The molecule has 28 heavy (non-hydrogen) atoms. The van der Waals surface area contributed by atoms with Gasteiger partial charge in [0.05, 0.1) is 24.5 Å². The Hall–Kier alpha value is -3.15. The minimum Gasteiger partial charge on any atom is -0.468 e. The topological polar surface area (TPSA) is 67.4 Å². The first-order valence-electron chi connectivity index (χ1n) is 9.22. The van der Waals surface area contributed by atoms with Crippen LogP contribution >= 0.6 is 0 Å². The smallest absolute Gasteiger partial charge is 0.316 e. The number of benzene rings is 2. The molecule has 1 aliphatic carbocycles. The first kappa shape index (κ1) is 18.2. The molecule has 0 bridgehead atoms. The van der Waals surface area contributed by atoms with Crippen molar-refractivity contribution in [2.24, 2.45) is 11.8 Å². The van der Waals surface area contributed by atoms with Crippen molar-refractivity contribution in [3.8, 4) is 0 Å². The molecule has 5 nitrogen and oxygen atoms in total. The van der Waals surface area contributed by atoms with Gasteiger partial charge >= 0.3 is 5.97 Å². The van der Waals surface area contributed by atoms with Gasteiger partial charge in [-0.1, -0.05) is 31.2 Å². The number of para-hydroxylation sites is 2. The van der Waals surface area contributed by atoms with Crippen molar-refractivity contribution in [1.29, 1.82) is 0 Å². The van der Waals surface area contributed by atoms with Gasteiger partial charge in [-0.3, -0.25) is 9.59 Å². The van der Waals surface area contributed by atoms with Crippen molar-refractivity contribution in [3.05, 3.63) is 71.2 Å². The average Bonchev–Trinajstić information content (AvgIpc) is 2.85. The Kier molecular flexibility index (Phi) is 4.63. The zero-order chi connectivity index (χ0) is 19.8. The first-order chi connectivity index (χ1) is 13.5. The molecule has 0 saturated carbocycles. The van der Waals surface area contributed by atoms with Gasteiger partial charge in [0.1, 0.15) is 11.7 Å². The summed E-state index contributed by atoms with van der Waals surface area (Å²) in [6, 6.07) is 13.2. The van der Waals surface area contributed by atoms with Crippen LogP contribution in [0.4, 0.5) is 15.8 Å². The summed E-state index contributed by atoms with van der Waals surface area (Å²) in [7, 11) is 1.29. The second kappa shape index (κ2) is 7.11. The summed E-state index contributed by atoms with van der Waals surface area (Å²) in [5, 5.41) is 6.78. The van der Waals surface area contributed by atoms with Crippen LogP contribution in [0.25, 0.3) is 0 Å². The molecule has 6 heteroatoms. The number of methoxy groups -OCH3 is 1. The molecule has 2 aromatic carbocycles. The number of allylic oxidation sites excluding steroid dienone is 1. The van der Waals surface area contributed by atoms with Gasteiger partial charge in [-0.2, -0.15) is 0 Å². The number of carbonyl (C=O) groups excluding carboxylic acids is 2. The fourth-order valence-electron chi connectivity index (χ4n) is 4.04. The summed E-state index contributed by atoms with van der Waals surface area (Å²) in [5.41, 5.74) is 3.72. The van der Waals surface area contributed by atoms with E-state index in [2.05, 4.69) is 10.6 Å². The summed E-state index contributed by atoms with van der Waals surface area (Å²) < 4.78 is 18.4. The predicted molar refractivity (Wildman–Crippen MR) is 104 cm³/mol. The highest BCUT2D eigenvalue weighted by molar-refractivity contribution is 6.11. The molecule has 0 radical (unpaired) electrons. The molecule has 0 fully saturated rings. The highest BCUT2D eigenvalue weighted by Gasteiger charge is 2.44. The molecule has 0 aromatic heterocycles. The van der Waals surface area contributed by atoms with Crippen LogP contribution in [0.2, 0.25) is 0 Å². The van der Waals surface area contributed by atoms with Gasteiger partial charge in [0.15, 0.2) is 5.78 Å². The number of nitrogens with one attached hydrogen (secondary N) is 2. The number of Topliss-reactive ketones (excluding diaryl/α,β-unsaturated/α-hetero) is 1. The van der Waals surface area contributed by atoms with E-state index in [1.54, 1.807) is 12.1 Å². The first-order valence-corrected chi connectivity index (χ1v) is 9.22. The standard InChI is InChI=1S/C22H21FN2O3/c1-12-11-17-19(21(26)18(12)22(27)28-2)20(13-7-9-14(23)10-8-13)25-16-6-4-3-5-15(16)24-17/h3-10,12,18,20,24-25H,11H2,1-2H3/t12-,18+,20-/m1/s1. The van der Waals surface area contributed by atoms with E-state index in [-0.39, 0.29) is 17.5 Å². The molecule has 1 aliphatic heterocycles. The average molecular weight is 380 g/mol. The molecule has 0 unspecified atom stereocenters. The Morgan fingerprint density at radius 2 is 1.79 bits per heavy atom. The lowest BCUT2D eigenvalue weighted by Gasteiger charge is -2.32. The molecule has 2 aromatic rings. The normalized spacial score (nSPS) is 23.7. The molecule has 1 heterocycles. The Bertz CT molecular complexity index is 968. The van der Waals surface area contributed by atoms with Crippen molar-refractivity contribution < 1.29 is 18.7 Å². The summed E-state index contributed by atoms with van der Waals surface area (Å²) >= 11 is 0. The maximum absolute atomic E-state index is 13.5. The van der Waals surface area contributed by atoms with E-state index in [1.807, 2.05) is 31.2 Å². The maximum atomic E-state index is 13.5. The summed E-state index contributed by atoms with van der Waals surface area (Å²) in [5.74, 6) is -2.17. The van der Waals surface area contributed by atoms with Gasteiger partial charge in [-0.25, -0.2) is 4.39 Å². The lowest BCUT2D eigenvalue weighted by Crippen LogP contribution is -2.39. The molecule has 144 valence electrons. The molecule has 3 atom stereocenters. The van der Waals surface area contributed by atoms with Crippen molar-refractivity contribution >= 4 is 23.1 Å². The number of hydrogen-bond donors (Lipinski definition) is 2. The number of ether oxygens (including phenoxy) is 1. The molecule has 0 saturated heterocycles. The quantitative estimate of drug-likeness (QED) is 0.608. The molecular weight excluding hydrogens is 359 g/mol. The van der Waals surface area contributed by atoms with Crippen LogP contribution in [-0.4, -0.2) is 18.9 Å². The Morgan fingerprint density at radius 3 is 2.46 bits per heavy atom. The van der Waals surface area contributed by atoms with Gasteiger partial charge in [0, 0.05) is 11.3 Å². The zero-order valence-electron chi connectivity index (χ0n) is 15.7. The lowest BCUT2D eigenvalue weighted by molar-refractivity contribution is -0.151. The van der Waals surface area contributed by atoms with E-state index < -0.39 is 17.9 Å². The molecule has 2 aliphatic rings. The van der Waals surface area contributed by atoms with Crippen molar-refractivity contribution in [3.63, 3.8) is 0 Å². The fourth-order valence-corrected chi connectivity index (χ4v) is 4.04.